The van der Waals surface area contributed by atoms with Crippen molar-refractivity contribution >= 4 is 34.3 Å². The number of allylic oxidation sites excluding steroid dienone is 3. The fraction of sp³-hybridized carbons (Fsp3) is 0.200. The van der Waals surface area contributed by atoms with E-state index < -0.39 is 10.8 Å². The van der Waals surface area contributed by atoms with Crippen LogP contribution in [0.2, 0.25) is 0 Å². The summed E-state index contributed by atoms with van der Waals surface area (Å²) < 4.78 is 1.81. The quantitative estimate of drug-likeness (QED) is 0.367. The van der Waals surface area contributed by atoms with Crippen molar-refractivity contribution in [3.63, 3.8) is 0 Å². The lowest BCUT2D eigenvalue weighted by Gasteiger charge is -2.40. The number of nitro benzene ring substituents is 1. The smallest absolute Gasteiger partial charge is 0.293 e. The zero-order valence-electron chi connectivity index (χ0n) is 17.9. The van der Waals surface area contributed by atoms with Gasteiger partial charge in [-0.25, -0.2) is 0 Å². The van der Waals surface area contributed by atoms with Crippen LogP contribution < -0.4 is 4.90 Å². The van der Waals surface area contributed by atoms with Crippen LogP contribution in [0.15, 0.2) is 77.1 Å². The van der Waals surface area contributed by atoms with Crippen molar-refractivity contribution < 1.29 is 9.72 Å². The summed E-state index contributed by atoms with van der Waals surface area (Å²) in [5.41, 5.74) is 2.77. The van der Waals surface area contributed by atoms with Crippen LogP contribution in [0.1, 0.15) is 35.6 Å². The van der Waals surface area contributed by atoms with E-state index in [1.54, 1.807) is 17.9 Å². The molecular weight excluding hydrogens is 436 g/mol. The molecule has 7 nitrogen and oxygen atoms in total. The molecule has 8 heteroatoms. The Morgan fingerprint density at radius 1 is 1.18 bits per heavy atom. The average Bonchev–Trinajstić information content (AvgIpc) is 3.52. The van der Waals surface area contributed by atoms with E-state index in [1.165, 1.54) is 17.4 Å². The zero-order valence-corrected chi connectivity index (χ0v) is 18.7. The Hall–Kier alpha value is -3.96. The minimum Gasteiger partial charge on any atom is -0.309 e. The second kappa shape index (κ2) is 8.19. The molecule has 1 atom stereocenters. The number of hydrogen-bond acceptors (Lipinski definition) is 6. The number of rotatable bonds is 4. The van der Waals surface area contributed by atoms with Crippen LogP contribution in [-0.2, 0) is 4.79 Å². The molecule has 164 valence electrons. The minimum absolute atomic E-state index is 0.00581. The molecule has 33 heavy (non-hydrogen) atoms. The second-order valence-electron chi connectivity index (χ2n) is 8.11. The molecule has 0 amide bonds. The van der Waals surface area contributed by atoms with Gasteiger partial charge in [-0.2, -0.15) is 5.26 Å². The van der Waals surface area contributed by atoms with Gasteiger partial charge in [-0.05, 0) is 55.0 Å². The van der Waals surface area contributed by atoms with Crippen LogP contribution in [0.5, 0.6) is 0 Å². The van der Waals surface area contributed by atoms with Crippen LogP contribution >= 0.6 is 11.3 Å². The molecule has 2 aromatic heterocycles. The van der Waals surface area contributed by atoms with E-state index in [1.807, 2.05) is 52.7 Å². The van der Waals surface area contributed by atoms with Crippen molar-refractivity contribution in [2.24, 2.45) is 0 Å². The normalized spacial score (nSPS) is 18.4. The third kappa shape index (κ3) is 3.38. The van der Waals surface area contributed by atoms with Gasteiger partial charge in [0, 0.05) is 41.0 Å². The molecule has 1 aromatic carbocycles. The molecule has 0 saturated carbocycles. The highest BCUT2D eigenvalue weighted by Crippen LogP contribution is 2.50. The van der Waals surface area contributed by atoms with E-state index in [9.17, 15) is 20.2 Å². The van der Waals surface area contributed by atoms with E-state index in [0.29, 0.717) is 41.9 Å². The summed E-state index contributed by atoms with van der Waals surface area (Å²) in [5, 5.41) is 24.4. The number of hydrogen-bond donors (Lipinski definition) is 0. The number of nitrogens with zero attached hydrogens (tertiary/aromatic N) is 4. The lowest BCUT2D eigenvalue weighted by Crippen LogP contribution is -2.36. The van der Waals surface area contributed by atoms with Gasteiger partial charge < -0.3 is 4.57 Å². The molecule has 0 N–H and O–H groups in total. The van der Waals surface area contributed by atoms with Crippen molar-refractivity contribution in [3.05, 3.63) is 97.6 Å². The summed E-state index contributed by atoms with van der Waals surface area (Å²) in [4.78, 5) is 27.6. The van der Waals surface area contributed by atoms with Crippen LogP contribution in [0.4, 0.5) is 11.4 Å². The largest absolute Gasteiger partial charge is 0.309 e. The predicted octanol–water partition coefficient (Wildman–Crippen LogP) is 5.77. The van der Waals surface area contributed by atoms with Gasteiger partial charge >= 0.3 is 0 Å². The number of Topliss-reactive ketones (excluding diaryl/α,β-unsaturated/α-hetero) is 1. The zero-order chi connectivity index (χ0) is 23.1. The number of thiophene rings is 1. The Labute approximate surface area is 194 Å². The first-order valence-electron chi connectivity index (χ1n) is 10.6. The number of aromatic nitrogens is 1. The fourth-order valence-corrected chi connectivity index (χ4v) is 5.58. The molecule has 3 aromatic rings. The summed E-state index contributed by atoms with van der Waals surface area (Å²) >= 11 is 1.50. The van der Waals surface area contributed by atoms with Crippen LogP contribution in [-0.4, -0.2) is 15.3 Å². The number of carbonyl (C=O) groups is 1. The summed E-state index contributed by atoms with van der Waals surface area (Å²) in [6.45, 7) is 1.80. The summed E-state index contributed by atoms with van der Waals surface area (Å²) in [7, 11) is 0. The summed E-state index contributed by atoms with van der Waals surface area (Å²) in [6, 6.07) is 15.0. The highest BCUT2D eigenvalue weighted by molar-refractivity contribution is 7.10. The number of aryl methyl sites for hydroxylation is 1. The van der Waals surface area contributed by atoms with Crippen LogP contribution in [0.25, 0.3) is 5.82 Å². The van der Waals surface area contributed by atoms with Gasteiger partial charge in [-0.1, -0.05) is 12.1 Å². The fourth-order valence-electron chi connectivity index (χ4n) is 4.74. The molecule has 0 bridgehead atoms. The second-order valence-corrected chi connectivity index (χ2v) is 9.09. The monoisotopic (exact) mass is 456 g/mol. The van der Waals surface area contributed by atoms with Crippen LogP contribution in [0.3, 0.4) is 0 Å². The first kappa shape index (κ1) is 20.9. The van der Waals surface area contributed by atoms with Crippen LogP contribution in [0, 0.1) is 28.4 Å². The lowest BCUT2D eigenvalue weighted by molar-refractivity contribution is -0.384. The van der Waals surface area contributed by atoms with Crippen molar-refractivity contribution in [3.8, 4) is 6.07 Å². The van der Waals surface area contributed by atoms with Crippen molar-refractivity contribution in [1.82, 2.24) is 4.57 Å². The molecule has 0 radical (unpaired) electrons. The maximum absolute atomic E-state index is 13.3. The Morgan fingerprint density at radius 2 is 1.97 bits per heavy atom. The standard InChI is InChI=1S/C25H20N4O3S/c1-16-9-10-18(20(14-16)29(31)32)28-19-6-4-7-21(30)24(19)23(22-8-5-13-33-22)17(15-26)25(28)27-11-2-3-12-27/h2-3,5,8-14,23H,4,6-7H2,1H3/t23-/m1/s1. The summed E-state index contributed by atoms with van der Waals surface area (Å²) in [5.74, 6) is 0.0333. The Kier molecular flexibility index (Phi) is 5.19. The number of ketones is 1. The van der Waals surface area contributed by atoms with Gasteiger partial charge in [0.05, 0.1) is 22.5 Å². The Morgan fingerprint density at radius 3 is 2.64 bits per heavy atom. The van der Waals surface area contributed by atoms with Gasteiger partial charge in [0.15, 0.2) is 5.78 Å². The molecular formula is C25H20N4O3S. The van der Waals surface area contributed by atoms with Gasteiger partial charge in [-0.3, -0.25) is 19.8 Å². The van der Waals surface area contributed by atoms with Crippen molar-refractivity contribution in [1.29, 1.82) is 5.26 Å². The molecule has 5 rings (SSSR count). The van der Waals surface area contributed by atoms with Gasteiger partial charge in [0.2, 0.25) is 0 Å². The van der Waals surface area contributed by atoms with Gasteiger partial charge in [0.1, 0.15) is 11.5 Å². The number of nitriles is 1. The van der Waals surface area contributed by atoms with E-state index in [-0.39, 0.29) is 11.5 Å². The van der Waals surface area contributed by atoms with Gasteiger partial charge in [-0.15, -0.1) is 11.3 Å². The highest BCUT2D eigenvalue weighted by Gasteiger charge is 2.43. The SMILES string of the molecule is Cc1ccc(N2C3=C(C(=O)CCC3)[C@@H](c3cccs3)C(C#N)=C2n2cccc2)c([N+](=O)[O-])c1. The first-order valence-corrected chi connectivity index (χ1v) is 11.5. The van der Waals surface area contributed by atoms with Crippen molar-refractivity contribution in [2.75, 3.05) is 4.90 Å². The van der Waals surface area contributed by atoms with E-state index in [4.69, 9.17) is 0 Å². The number of nitro groups is 1. The third-order valence-electron chi connectivity index (χ3n) is 6.09. The lowest BCUT2D eigenvalue weighted by atomic mass is 9.78. The number of benzene rings is 1. The summed E-state index contributed by atoms with van der Waals surface area (Å²) in [6.07, 6.45) is 5.30. The third-order valence-corrected chi connectivity index (χ3v) is 7.03. The maximum Gasteiger partial charge on any atom is 0.293 e. The predicted molar refractivity (Wildman–Crippen MR) is 127 cm³/mol. The van der Waals surface area contributed by atoms with E-state index >= 15 is 0 Å². The highest BCUT2D eigenvalue weighted by atomic mass is 32.1. The molecule has 0 unspecified atom stereocenters. The molecule has 0 saturated heterocycles. The van der Waals surface area contributed by atoms with Gasteiger partial charge in [0.25, 0.3) is 5.69 Å². The topological polar surface area (TPSA) is 92.2 Å². The van der Waals surface area contributed by atoms with E-state index in [2.05, 4.69) is 6.07 Å². The molecule has 1 aliphatic heterocycles. The molecule has 2 aliphatic rings. The Balaban J connectivity index is 1.88. The first-order chi connectivity index (χ1) is 16.0. The number of anilines is 1. The molecule has 0 spiro atoms. The number of carbonyl (C=O) groups excluding carboxylic acids is 1. The maximum atomic E-state index is 13.3. The molecule has 0 fully saturated rings. The minimum atomic E-state index is -0.490. The Bertz CT molecular complexity index is 1360. The van der Waals surface area contributed by atoms with E-state index in [0.717, 1.165) is 16.1 Å². The molecule has 1 aliphatic carbocycles. The average molecular weight is 457 g/mol. The molecule has 3 heterocycles. The van der Waals surface area contributed by atoms with Crippen molar-refractivity contribution in [2.45, 2.75) is 32.1 Å².